The van der Waals surface area contributed by atoms with Crippen LogP contribution < -0.4 is 0 Å². The van der Waals surface area contributed by atoms with Crippen LogP contribution in [0.5, 0.6) is 0 Å². The predicted molar refractivity (Wildman–Crippen MR) is 43.1 cm³/mol. The highest BCUT2D eigenvalue weighted by Crippen LogP contribution is 2.47. The van der Waals surface area contributed by atoms with Gasteiger partial charge in [0.1, 0.15) is 0 Å². The largest absolute Gasteiger partial charge is 0.392 e. The quantitative estimate of drug-likeness (QED) is 0.553. The number of halogens is 3. The van der Waals surface area contributed by atoms with Gasteiger partial charge in [0.05, 0.1) is 5.92 Å². The van der Waals surface area contributed by atoms with E-state index in [2.05, 4.69) is 5.73 Å². The summed E-state index contributed by atoms with van der Waals surface area (Å²) < 4.78 is 37.1. The average molecular weight is 188 g/mol. The lowest BCUT2D eigenvalue weighted by Gasteiger charge is -2.27. The molecule has 0 aromatic heterocycles. The van der Waals surface area contributed by atoms with Gasteiger partial charge in [0.15, 0.2) is 0 Å². The normalized spacial score (nSPS) is 28.8. The minimum Gasteiger partial charge on any atom is -0.171 e. The molecule has 0 aromatic carbocycles. The summed E-state index contributed by atoms with van der Waals surface area (Å²) in [4.78, 5) is 0. The van der Waals surface area contributed by atoms with Crippen molar-refractivity contribution in [3.05, 3.63) is 16.9 Å². The van der Waals surface area contributed by atoms with E-state index in [-0.39, 0.29) is 5.92 Å². The number of hydrogen-bond donors (Lipinski definition) is 0. The summed E-state index contributed by atoms with van der Waals surface area (Å²) in [6.45, 7) is 1.28. The van der Waals surface area contributed by atoms with Gasteiger partial charge in [-0.05, 0) is 19.3 Å². The van der Waals surface area contributed by atoms with Crippen LogP contribution >= 0.6 is 0 Å². The second-order valence-corrected chi connectivity index (χ2v) is 3.85. The molecule has 0 radical (unpaired) electrons. The van der Waals surface area contributed by atoms with E-state index in [1.165, 1.54) is 6.92 Å². The van der Waals surface area contributed by atoms with E-state index >= 15 is 0 Å². The molecule has 0 nitrogen and oxygen atoms in total. The van der Waals surface area contributed by atoms with Gasteiger partial charge in [-0.3, -0.25) is 0 Å². The van der Waals surface area contributed by atoms with E-state index in [0.29, 0.717) is 6.42 Å². The molecule has 0 aliphatic heterocycles. The minimum atomic E-state index is -4.05. The standard InChI is InChI=1S/C10H11F3/c1-6(10(11,12)13)8-4-2-3-7-5-9(7)8/h6,8H,2-4H2,1H3. The first-order valence-electron chi connectivity index (χ1n) is 4.57. The van der Waals surface area contributed by atoms with Crippen molar-refractivity contribution < 1.29 is 13.2 Å². The molecule has 0 spiro atoms. The first kappa shape index (κ1) is 8.89. The fraction of sp³-hybridized carbons (Fsp3) is 0.700. The Labute approximate surface area is 75.1 Å². The first-order chi connectivity index (χ1) is 6.00. The van der Waals surface area contributed by atoms with Crippen molar-refractivity contribution in [2.75, 3.05) is 0 Å². The van der Waals surface area contributed by atoms with Crippen LogP contribution in [0, 0.1) is 11.8 Å². The van der Waals surface area contributed by atoms with Gasteiger partial charge < -0.3 is 0 Å². The Balaban J connectivity index is 2.05. The Hall–Kier alpha value is -0.690. The second-order valence-electron chi connectivity index (χ2n) is 3.85. The Morgan fingerprint density at radius 3 is 2.77 bits per heavy atom. The molecule has 2 aliphatic rings. The van der Waals surface area contributed by atoms with Gasteiger partial charge in [-0.25, -0.2) is 0 Å². The monoisotopic (exact) mass is 188 g/mol. The van der Waals surface area contributed by atoms with Gasteiger partial charge in [-0.2, -0.15) is 13.2 Å². The molecule has 1 saturated carbocycles. The Morgan fingerprint density at radius 2 is 2.15 bits per heavy atom. The first-order valence-corrected chi connectivity index (χ1v) is 4.57. The van der Waals surface area contributed by atoms with Crippen molar-refractivity contribution >= 4 is 0 Å². The van der Waals surface area contributed by atoms with Gasteiger partial charge in [-0.1, -0.05) is 6.92 Å². The number of hydrogen-bond acceptors (Lipinski definition) is 0. The molecule has 0 heterocycles. The molecular formula is C10H11F3. The van der Waals surface area contributed by atoms with Crippen LogP contribution in [0.15, 0.2) is 16.9 Å². The van der Waals surface area contributed by atoms with Gasteiger partial charge in [-0.15, -0.1) is 5.73 Å². The number of alkyl halides is 3. The highest BCUT2D eigenvalue weighted by molar-refractivity contribution is 5.47. The van der Waals surface area contributed by atoms with Crippen LogP contribution in [0.2, 0.25) is 0 Å². The summed E-state index contributed by atoms with van der Waals surface area (Å²) in [5.41, 5.74) is 4.90. The number of rotatable bonds is 1. The van der Waals surface area contributed by atoms with Crippen LogP contribution in [0.1, 0.15) is 26.2 Å². The molecule has 0 amide bonds. The van der Waals surface area contributed by atoms with Crippen LogP contribution in [0.3, 0.4) is 0 Å². The van der Waals surface area contributed by atoms with Crippen molar-refractivity contribution in [3.63, 3.8) is 0 Å². The van der Waals surface area contributed by atoms with E-state index < -0.39 is 12.1 Å². The minimum absolute atomic E-state index is 0.302. The van der Waals surface area contributed by atoms with Crippen molar-refractivity contribution in [2.45, 2.75) is 32.4 Å². The molecule has 0 saturated heterocycles. The van der Waals surface area contributed by atoms with E-state index in [4.69, 9.17) is 0 Å². The van der Waals surface area contributed by atoms with E-state index in [1.54, 1.807) is 0 Å². The van der Waals surface area contributed by atoms with Crippen LogP contribution in [-0.2, 0) is 0 Å². The molecule has 2 atom stereocenters. The predicted octanol–water partition coefficient (Wildman–Crippen LogP) is 3.45. The third kappa shape index (κ3) is 1.53. The van der Waals surface area contributed by atoms with Crippen molar-refractivity contribution in [1.82, 2.24) is 0 Å². The molecule has 2 aliphatic carbocycles. The molecular weight excluding hydrogens is 177 g/mol. The fourth-order valence-corrected chi connectivity index (χ4v) is 2.02. The lowest BCUT2D eigenvalue weighted by molar-refractivity contribution is -0.180. The van der Waals surface area contributed by atoms with Crippen molar-refractivity contribution in [1.29, 1.82) is 0 Å². The SMILES string of the molecule is CC(C1CCCC2=C=C21)C(F)(F)F. The summed E-state index contributed by atoms with van der Waals surface area (Å²) in [6.07, 6.45) is -1.55. The molecule has 0 aromatic rings. The highest BCUT2D eigenvalue weighted by atomic mass is 19.4. The van der Waals surface area contributed by atoms with Crippen LogP contribution in [0.4, 0.5) is 13.2 Å². The van der Waals surface area contributed by atoms with E-state index in [9.17, 15) is 13.2 Å². The third-order valence-corrected chi connectivity index (χ3v) is 2.98. The van der Waals surface area contributed by atoms with Gasteiger partial charge in [0.25, 0.3) is 0 Å². The van der Waals surface area contributed by atoms with Crippen LogP contribution in [0.25, 0.3) is 0 Å². The maximum atomic E-state index is 12.4. The average Bonchev–Trinajstić information content (AvgIpc) is 2.78. The maximum Gasteiger partial charge on any atom is 0.392 e. The molecule has 13 heavy (non-hydrogen) atoms. The van der Waals surface area contributed by atoms with E-state index in [0.717, 1.165) is 24.0 Å². The zero-order valence-electron chi connectivity index (χ0n) is 7.41. The van der Waals surface area contributed by atoms with E-state index in [1.807, 2.05) is 0 Å². The van der Waals surface area contributed by atoms with Gasteiger partial charge >= 0.3 is 6.18 Å². The Bertz CT molecular complexity index is 292. The molecule has 0 N–H and O–H groups in total. The lowest BCUT2D eigenvalue weighted by atomic mass is 9.80. The fourth-order valence-electron chi connectivity index (χ4n) is 2.02. The zero-order chi connectivity index (χ0) is 9.64. The van der Waals surface area contributed by atoms with Gasteiger partial charge in [0.2, 0.25) is 0 Å². The molecule has 72 valence electrons. The molecule has 3 heteroatoms. The lowest BCUT2D eigenvalue weighted by Crippen LogP contribution is -2.29. The third-order valence-electron chi connectivity index (χ3n) is 2.98. The summed E-state index contributed by atoms with van der Waals surface area (Å²) in [5.74, 6) is -1.50. The number of fused-ring (bicyclic) bond motifs is 1. The molecule has 2 unspecified atom stereocenters. The molecule has 0 bridgehead atoms. The summed E-state index contributed by atoms with van der Waals surface area (Å²) >= 11 is 0. The summed E-state index contributed by atoms with van der Waals surface area (Å²) in [7, 11) is 0. The van der Waals surface area contributed by atoms with Crippen molar-refractivity contribution in [3.8, 4) is 0 Å². The Morgan fingerprint density at radius 1 is 1.46 bits per heavy atom. The van der Waals surface area contributed by atoms with Crippen LogP contribution in [-0.4, -0.2) is 6.18 Å². The zero-order valence-corrected chi connectivity index (χ0v) is 7.41. The van der Waals surface area contributed by atoms with Crippen molar-refractivity contribution in [2.24, 2.45) is 11.8 Å². The summed E-state index contributed by atoms with van der Waals surface area (Å²) in [5, 5.41) is 0. The molecule has 1 fully saturated rings. The highest BCUT2D eigenvalue weighted by Gasteiger charge is 2.45. The topological polar surface area (TPSA) is 0 Å². The smallest absolute Gasteiger partial charge is 0.171 e. The van der Waals surface area contributed by atoms with Gasteiger partial charge in [0, 0.05) is 17.1 Å². The Kier molecular flexibility index (Phi) is 1.81. The second kappa shape index (κ2) is 2.65. The number of allylic oxidation sites excluding steroid dienone is 1. The maximum absolute atomic E-state index is 12.4. The summed E-state index contributed by atoms with van der Waals surface area (Å²) in [6, 6.07) is 0. The molecule has 2 rings (SSSR count).